The molecule has 1 aliphatic heterocycles. The van der Waals surface area contributed by atoms with Gasteiger partial charge in [0.05, 0.1) is 44.4 Å². The number of ether oxygens (including phenoxy) is 2. The van der Waals surface area contributed by atoms with E-state index in [1.165, 1.54) is 24.4 Å². The molecule has 0 bridgehead atoms. The van der Waals surface area contributed by atoms with Gasteiger partial charge in [-0.05, 0) is 62.2 Å². The minimum atomic E-state index is -0.544. The van der Waals surface area contributed by atoms with Crippen LogP contribution in [0, 0.1) is 5.82 Å². The number of ketones is 1. The summed E-state index contributed by atoms with van der Waals surface area (Å²) in [5.41, 5.74) is 2.95. The molecule has 1 fully saturated rings. The van der Waals surface area contributed by atoms with Gasteiger partial charge in [-0.1, -0.05) is 0 Å². The summed E-state index contributed by atoms with van der Waals surface area (Å²) in [5, 5.41) is 7.27. The van der Waals surface area contributed by atoms with Crippen molar-refractivity contribution in [1.29, 1.82) is 0 Å². The maximum atomic E-state index is 14.6. The number of aromatic nitrogens is 4. The van der Waals surface area contributed by atoms with Gasteiger partial charge in [0, 0.05) is 56.1 Å². The van der Waals surface area contributed by atoms with Crippen molar-refractivity contribution in [1.82, 2.24) is 29.4 Å². The van der Waals surface area contributed by atoms with Crippen LogP contribution in [-0.4, -0.2) is 87.4 Å². The number of rotatable bonds is 11. The van der Waals surface area contributed by atoms with Crippen LogP contribution in [0.25, 0.3) is 16.8 Å². The maximum absolute atomic E-state index is 14.6. The van der Waals surface area contributed by atoms with E-state index in [0.29, 0.717) is 24.5 Å². The highest BCUT2D eigenvalue weighted by molar-refractivity contribution is 5.98. The fourth-order valence-corrected chi connectivity index (χ4v) is 4.81. The Labute approximate surface area is 244 Å². The number of halogens is 1. The Bertz CT molecular complexity index is 1550. The summed E-state index contributed by atoms with van der Waals surface area (Å²) in [7, 11) is 0. The molecule has 1 saturated heterocycles. The van der Waals surface area contributed by atoms with E-state index in [1.807, 2.05) is 50.0 Å². The monoisotopic (exact) mass is 576 g/mol. The number of nitrogens with zero attached hydrogens (tertiary/aromatic N) is 5. The van der Waals surface area contributed by atoms with E-state index < -0.39 is 5.82 Å². The number of hydrogen-bond donors (Lipinski definition) is 1. The highest BCUT2D eigenvalue weighted by Crippen LogP contribution is 2.22. The summed E-state index contributed by atoms with van der Waals surface area (Å²) >= 11 is 0. The summed E-state index contributed by atoms with van der Waals surface area (Å²) in [6, 6.07) is 7.85. The second-order valence-corrected chi connectivity index (χ2v) is 11.4. The fourth-order valence-electron chi connectivity index (χ4n) is 4.81. The number of nitrogens with one attached hydrogen (secondary N) is 1. The van der Waals surface area contributed by atoms with Gasteiger partial charge in [-0.3, -0.25) is 23.6 Å². The van der Waals surface area contributed by atoms with E-state index >= 15 is 0 Å². The van der Waals surface area contributed by atoms with Crippen molar-refractivity contribution in [3.05, 3.63) is 77.8 Å². The van der Waals surface area contributed by atoms with Crippen molar-refractivity contribution in [3.8, 4) is 11.1 Å². The number of imidazole rings is 1. The lowest BCUT2D eigenvalue weighted by atomic mass is 10.0. The Balaban J connectivity index is 1.22. The molecule has 0 saturated carbocycles. The molecule has 0 atom stereocenters. The van der Waals surface area contributed by atoms with Gasteiger partial charge in [-0.25, -0.2) is 9.37 Å². The lowest BCUT2D eigenvalue weighted by Gasteiger charge is -2.26. The number of carbonyl (C=O) groups excluding carboxylic acids is 2. The molecule has 0 spiro atoms. The number of carbonyl (C=O) groups is 2. The number of benzene rings is 1. The minimum absolute atomic E-state index is 0.148. The summed E-state index contributed by atoms with van der Waals surface area (Å²) in [6.07, 6.45) is 6.91. The van der Waals surface area contributed by atoms with Crippen molar-refractivity contribution >= 4 is 17.3 Å². The summed E-state index contributed by atoms with van der Waals surface area (Å²) in [4.78, 5) is 32.6. The molecule has 1 N–H and O–H groups in total. The van der Waals surface area contributed by atoms with Crippen LogP contribution in [0.5, 0.6) is 0 Å². The number of morpholine rings is 1. The zero-order valence-electron chi connectivity index (χ0n) is 24.3. The van der Waals surface area contributed by atoms with Crippen molar-refractivity contribution in [3.63, 3.8) is 0 Å². The molecule has 0 aliphatic carbocycles. The van der Waals surface area contributed by atoms with Crippen LogP contribution in [0.2, 0.25) is 0 Å². The average Bonchev–Trinajstić information content (AvgIpc) is 3.62. The Hall–Kier alpha value is -3.93. The highest BCUT2D eigenvalue weighted by Gasteiger charge is 2.18. The molecule has 0 unspecified atom stereocenters. The van der Waals surface area contributed by atoms with Crippen LogP contribution in [0.1, 0.15) is 47.2 Å². The molecule has 1 aromatic carbocycles. The molecule has 3 aromatic heterocycles. The van der Waals surface area contributed by atoms with E-state index in [1.54, 1.807) is 10.6 Å². The average molecular weight is 577 g/mol. The molecule has 42 heavy (non-hydrogen) atoms. The minimum Gasteiger partial charge on any atom is -0.379 e. The Morgan fingerprint density at radius 1 is 1.07 bits per heavy atom. The van der Waals surface area contributed by atoms with Crippen LogP contribution in [0.3, 0.4) is 0 Å². The normalized spacial score (nSPS) is 14.4. The third-order valence-corrected chi connectivity index (χ3v) is 7.10. The number of pyridine rings is 1. The topological polar surface area (TPSA) is 103 Å². The first kappa shape index (κ1) is 29.6. The van der Waals surface area contributed by atoms with Crippen molar-refractivity contribution < 1.29 is 23.5 Å². The Kier molecular flexibility index (Phi) is 9.10. The Morgan fingerprint density at radius 2 is 1.88 bits per heavy atom. The van der Waals surface area contributed by atoms with Crippen molar-refractivity contribution in [2.24, 2.45) is 0 Å². The SMILES string of the molecule is CC(C)(C)OCCNC(=O)c1ccc(F)c(CC(=O)c2cnc3cc(-c4cnn(CCN5CCOCC5)c4)ccn23)c1. The van der Waals surface area contributed by atoms with E-state index in [4.69, 9.17) is 9.47 Å². The summed E-state index contributed by atoms with van der Waals surface area (Å²) < 4.78 is 29.3. The van der Waals surface area contributed by atoms with Gasteiger partial charge in [0.2, 0.25) is 0 Å². The molecule has 1 amide bonds. The summed E-state index contributed by atoms with van der Waals surface area (Å²) in [5.74, 6) is -1.20. The molecule has 5 rings (SSSR count). The molecular weight excluding hydrogens is 539 g/mol. The van der Waals surface area contributed by atoms with E-state index in [2.05, 4.69) is 20.3 Å². The lowest BCUT2D eigenvalue weighted by Crippen LogP contribution is -2.38. The number of amides is 1. The van der Waals surface area contributed by atoms with Gasteiger partial charge < -0.3 is 14.8 Å². The smallest absolute Gasteiger partial charge is 0.251 e. The van der Waals surface area contributed by atoms with Gasteiger partial charge in [0.1, 0.15) is 17.2 Å². The molecular formula is C31H37FN6O4. The highest BCUT2D eigenvalue weighted by atomic mass is 19.1. The quantitative estimate of drug-likeness (QED) is 0.215. The number of Topliss-reactive ketones (excluding diaryl/α,β-unsaturated/α-hetero) is 1. The van der Waals surface area contributed by atoms with Gasteiger partial charge in [0.15, 0.2) is 5.78 Å². The second kappa shape index (κ2) is 12.9. The predicted molar refractivity (Wildman–Crippen MR) is 156 cm³/mol. The van der Waals surface area contributed by atoms with Gasteiger partial charge in [-0.2, -0.15) is 5.10 Å². The third kappa shape index (κ3) is 7.47. The first-order valence-corrected chi connectivity index (χ1v) is 14.2. The summed E-state index contributed by atoms with van der Waals surface area (Å²) in [6.45, 7) is 11.6. The molecule has 1 aliphatic rings. The molecule has 10 nitrogen and oxygen atoms in total. The zero-order valence-corrected chi connectivity index (χ0v) is 24.3. The first-order chi connectivity index (χ1) is 20.2. The molecule has 11 heteroatoms. The first-order valence-electron chi connectivity index (χ1n) is 14.2. The van der Waals surface area contributed by atoms with Gasteiger partial charge in [0.25, 0.3) is 5.91 Å². The van der Waals surface area contributed by atoms with E-state index in [9.17, 15) is 14.0 Å². The van der Waals surface area contributed by atoms with Crippen LogP contribution >= 0.6 is 0 Å². The molecule has 222 valence electrons. The van der Waals surface area contributed by atoms with Gasteiger partial charge >= 0.3 is 0 Å². The Morgan fingerprint density at radius 3 is 2.67 bits per heavy atom. The van der Waals surface area contributed by atoms with E-state index in [-0.39, 0.29) is 34.8 Å². The third-order valence-electron chi connectivity index (χ3n) is 7.10. The van der Waals surface area contributed by atoms with Crippen LogP contribution in [-0.2, 0) is 22.4 Å². The van der Waals surface area contributed by atoms with Crippen LogP contribution < -0.4 is 5.32 Å². The van der Waals surface area contributed by atoms with E-state index in [0.717, 1.165) is 50.5 Å². The zero-order chi connectivity index (χ0) is 29.7. The van der Waals surface area contributed by atoms with Crippen molar-refractivity contribution in [2.75, 3.05) is 46.0 Å². The van der Waals surface area contributed by atoms with Crippen molar-refractivity contribution in [2.45, 2.75) is 39.3 Å². The maximum Gasteiger partial charge on any atom is 0.251 e. The number of fused-ring (bicyclic) bond motifs is 1. The molecule has 0 radical (unpaired) electrons. The molecule has 4 heterocycles. The largest absolute Gasteiger partial charge is 0.379 e. The number of hydrogen-bond acceptors (Lipinski definition) is 7. The fraction of sp³-hybridized carbons (Fsp3) is 0.419. The predicted octanol–water partition coefficient (Wildman–Crippen LogP) is 3.64. The standard InChI is InChI=1S/C31H37FN6O4/c1-31(2,3)42-13-7-33-30(40)23-4-5-26(32)24(16-23)17-28(39)27-20-34-29-18-22(6-8-38(27)29)25-19-35-37(21-25)10-9-36-11-14-41-15-12-36/h4-6,8,16,18-21H,7,9-15,17H2,1-3H3,(H,33,40). The molecule has 4 aromatic rings. The van der Waals surface area contributed by atoms with Crippen LogP contribution in [0.4, 0.5) is 4.39 Å². The second-order valence-electron chi connectivity index (χ2n) is 11.4. The lowest BCUT2D eigenvalue weighted by molar-refractivity contribution is -0.000656. The van der Waals surface area contributed by atoms with Gasteiger partial charge in [-0.15, -0.1) is 0 Å². The van der Waals surface area contributed by atoms with Crippen LogP contribution in [0.15, 0.2) is 55.1 Å².